The van der Waals surface area contributed by atoms with Gasteiger partial charge >= 0.3 is 0 Å². The van der Waals surface area contributed by atoms with Crippen LogP contribution in [0.4, 0.5) is 5.69 Å². The van der Waals surface area contributed by atoms with Crippen molar-refractivity contribution in [2.24, 2.45) is 5.92 Å². The van der Waals surface area contributed by atoms with Crippen LogP contribution in [0, 0.1) is 5.92 Å². The summed E-state index contributed by atoms with van der Waals surface area (Å²) in [5, 5.41) is 1.19. The lowest BCUT2D eigenvalue weighted by Gasteiger charge is -2.17. The fourth-order valence-corrected chi connectivity index (χ4v) is 2.83. The van der Waals surface area contributed by atoms with Crippen molar-refractivity contribution in [1.29, 1.82) is 0 Å². The van der Waals surface area contributed by atoms with Gasteiger partial charge in [0.15, 0.2) is 5.15 Å². The van der Waals surface area contributed by atoms with Gasteiger partial charge in [-0.05, 0) is 34.0 Å². The van der Waals surface area contributed by atoms with Crippen molar-refractivity contribution in [3.63, 3.8) is 0 Å². The fraction of sp³-hybridized carbons (Fsp3) is 0.400. The molecule has 1 aliphatic rings. The predicted octanol–water partition coefficient (Wildman–Crippen LogP) is 3.25. The molecule has 2 rings (SSSR count). The summed E-state index contributed by atoms with van der Waals surface area (Å²) < 4.78 is 0.671. The number of amides is 1. The Morgan fingerprint density at radius 3 is 2.88 bits per heavy atom. The zero-order valence-corrected chi connectivity index (χ0v) is 12.2. The minimum atomic E-state index is 0.107. The Morgan fingerprint density at radius 1 is 1.56 bits per heavy atom. The second-order valence-electron chi connectivity index (χ2n) is 3.67. The Labute approximate surface area is 115 Å². The van der Waals surface area contributed by atoms with Crippen LogP contribution in [0.3, 0.4) is 0 Å². The van der Waals surface area contributed by atoms with Gasteiger partial charge in [-0.1, -0.05) is 27.5 Å². The van der Waals surface area contributed by atoms with Crippen molar-refractivity contribution in [2.45, 2.75) is 6.42 Å². The first-order valence-electron chi connectivity index (χ1n) is 4.80. The topological polar surface area (TPSA) is 33.2 Å². The number of pyridine rings is 1. The lowest BCUT2D eigenvalue weighted by atomic mass is 10.2. The summed E-state index contributed by atoms with van der Waals surface area (Å²) in [5.74, 6) is 0.461. The summed E-state index contributed by atoms with van der Waals surface area (Å²) in [5.41, 5.74) is 0.693. The number of alkyl halides is 1. The standard InChI is InChI=1S/C10H9Br2ClN2O/c11-4-6-3-9(16)15(5-6)7-1-2-8(12)14-10(7)13/h1-2,6H,3-5H2. The first kappa shape index (κ1) is 12.3. The summed E-state index contributed by atoms with van der Waals surface area (Å²) in [4.78, 5) is 17.6. The summed E-state index contributed by atoms with van der Waals surface area (Å²) in [6.45, 7) is 0.702. The zero-order chi connectivity index (χ0) is 11.7. The van der Waals surface area contributed by atoms with Gasteiger partial charge in [0, 0.05) is 18.3 Å². The highest BCUT2D eigenvalue weighted by molar-refractivity contribution is 9.10. The Balaban J connectivity index is 2.28. The third kappa shape index (κ3) is 2.41. The molecule has 1 aliphatic heterocycles. The van der Waals surface area contributed by atoms with E-state index in [9.17, 15) is 4.79 Å². The summed E-state index contributed by atoms with van der Waals surface area (Å²) in [6.07, 6.45) is 0.567. The van der Waals surface area contributed by atoms with E-state index in [4.69, 9.17) is 11.6 Å². The highest BCUT2D eigenvalue weighted by Crippen LogP contribution is 2.31. The van der Waals surface area contributed by atoms with Crippen LogP contribution in [0.2, 0.25) is 5.15 Å². The molecule has 0 aliphatic carbocycles. The van der Waals surface area contributed by atoms with Crippen molar-refractivity contribution in [3.8, 4) is 0 Å². The number of hydrogen-bond acceptors (Lipinski definition) is 2. The second-order valence-corrected chi connectivity index (χ2v) is 5.49. The summed E-state index contributed by atoms with van der Waals surface area (Å²) >= 11 is 12.7. The predicted molar refractivity (Wildman–Crippen MR) is 71.2 cm³/mol. The van der Waals surface area contributed by atoms with Crippen molar-refractivity contribution < 1.29 is 4.79 Å². The van der Waals surface area contributed by atoms with Crippen molar-refractivity contribution >= 4 is 55.1 Å². The normalized spacial score (nSPS) is 20.6. The second kappa shape index (κ2) is 5.02. The molecule has 0 saturated carbocycles. The van der Waals surface area contributed by atoms with Gasteiger partial charge < -0.3 is 4.90 Å². The van der Waals surface area contributed by atoms with Crippen LogP contribution in [0.1, 0.15) is 6.42 Å². The first-order valence-corrected chi connectivity index (χ1v) is 7.09. The van der Waals surface area contributed by atoms with Gasteiger partial charge in [-0.25, -0.2) is 4.98 Å². The molecule has 86 valence electrons. The average Bonchev–Trinajstić information content (AvgIpc) is 2.60. The number of anilines is 1. The van der Waals surface area contributed by atoms with Gasteiger partial charge in [-0.3, -0.25) is 4.79 Å². The highest BCUT2D eigenvalue weighted by Gasteiger charge is 2.31. The molecular formula is C10H9Br2ClN2O. The zero-order valence-electron chi connectivity index (χ0n) is 8.29. The van der Waals surface area contributed by atoms with E-state index in [-0.39, 0.29) is 5.91 Å². The third-order valence-corrected chi connectivity index (χ3v) is 4.14. The molecule has 1 saturated heterocycles. The number of hydrogen-bond donors (Lipinski definition) is 0. The fourth-order valence-electron chi connectivity index (χ4n) is 1.72. The number of carbonyl (C=O) groups excluding carboxylic acids is 1. The molecule has 1 unspecified atom stereocenters. The monoisotopic (exact) mass is 366 g/mol. The maximum atomic E-state index is 11.8. The third-order valence-electron chi connectivity index (χ3n) is 2.51. The Hall–Kier alpha value is -0.130. The van der Waals surface area contributed by atoms with Crippen molar-refractivity contribution in [3.05, 3.63) is 21.9 Å². The molecule has 0 N–H and O–H groups in total. The van der Waals surface area contributed by atoms with Gasteiger partial charge in [-0.15, -0.1) is 0 Å². The number of aromatic nitrogens is 1. The van der Waals surface area contributed by atoms with Gasteiger partial charge in [0.1, 0.15) is 4.60 Å². The van der Waals surface area contributed by atoms with Crippen LogP contribution in [-0.2, 0) is 4.79 Å². The van der Waals surface area contributed by atoms with Crippen LogP contribution >= 0.6 is 43.5 Å². The van der Waals surface area contributed by atoms with Gasteiger partial charge in [-0.2, -0.15) is 0 Å². The molecule has 0 radical (unpaired) electrons. The first-order chi connectivity index (χ1) is 7.61. The molecule has 16 heavy (non-hydrogen) atoms. The van der Waals surface area contributed by atoms with E-state index < -0.39 is 0 Å². The molecule has 1 fully saturated rings. The molecular weight excluding hydrogens is 359 g/mol. The Bertz CT molecular complexity index is 427. The molecule has 6 heteroatoms. The Kier molecular flexibility index (Phi) is 3.87. The van der Waals surface area contributed by atoms with Crippen LogP contribution in [0.25, 0.3) is 0 Å². The molecule has 1 aromatic rings. The minimum Gasteiger partial charge on any atom is -0.309 e. The lowest BCUT2D eigenvalue weighted by molar-refractivity contribution is -0.117. The van der Waals surface area contributed by atoms with Crippen LogP contribution in [0.15, 0.2) is 16.7 Å². The molecule has 1 amide bonds. The molecule has 3 nitrogen and oxygen atoms in total. The van der Waals surface area contributed by atoms with Crippen LogP contribution in [-0.4, -0.2) is 22.8 Å². The largest absolute Gasteiger partial charge is 0.309 e. The van der Waals surface area contributed by atoms with Gasteiger partial charge in [0.2, 0.25) is 5.91 Å². The number of halogens is 3. The molecule has 1 atom stereocenters. The number of nitrogens with zero attached hydrogens (tertiary/aromatic N) is 2. The molecule has 0 aromatic carbocycles. The quantitative estimate of drug-likeness (QED) is 0.593. The van der Waals surface area contributed by atoms with E-state index in [0.29, 0.717) is 34.3 Å². The number of carbonyl (C=O) groups is 1. The highest BCUT2D eigenvalue weighted by atomic mass is 79.9. The molecule has 1 aromatic heterocycles. The minimum absolute atomic E-state index is 0.107. The average molecular weight is 368 g/mol. The van der Waals surface area contributed by atoms with E-state index in [2.05, 4.69) is 36.8 Å². The summed E-state index contributed by atoms with van der Waals surface area (Å²) in [6, 6.07) is 3.60. The van der Waals surface area contributed by atoms with Crippen LogP contribution in [0.5, 0.6) is 0 Å². The van der Waals surface area contributed by atoms with Gasteiger partial charge in [0.05, 0.1) is 5.69 Å². The maximum Gasteiger partial charge on any atom is 0.227 e. The van der Waals surface area contributed by atoms with E-state index >= 15 is 0 Å². The van der Waals surface area contributed by atoms with Gasteiger partial charge in [0.25, 0.3) is 0 Å². The molecule has 2 heterocycles. The van der Waals surface area contributed by atoms with Crippen molar-refractivity contribution in [2.75, 3.05) is 16.8 Å². The van der Waals surface area contributed by atoms with E-state index in [1.807, 2.05) is 6.07 Å². The van der Waals surface area contributed by atoms with E-state index in [1.165, 1.54) is 0 Å². The maximum absolute atomic E-state index is 11.8. The van der Waals surface area contributed by atoms with Crippen LogP contribution < -0.4 is 4.90 Å². The molecule has 0 spiro atoms. The van der Waals surface area contributed by atoms with E-state index in [1.54, 1.807) is 11.0 Å². The molecule has 0 bridgehead atoms. The van der Waals surface area contributed by atoms with Crippen molar-refractivity contribution in [1.82, 2.24) is 4.98 Å². The SMILES string of the molecule is O=C1CC(CBr)CN1c1ccc(Br)nc1Cl. The van der Waals surface area contributed by atoms with E-state index in [0.717, 1.165) is 5.33 Å². The Morgan fingerprint density at radius 2 is 2.31 bits per heavy atom. The summed E-state index contributed by atoms with van der Waals surface area (Å²) in [7, 11) is 0. The lowest BCUT2D eigenvalue weighted by Crippen LogP contribution is -2.25. The smallest absolute Gasteiger partial charge is 0.227 e. The number of rotatable bonds is 2.